The van der Waals surface area contributed by atoms with Gasteiger partial charge in [0.15, 0.2) is 6.10 Å². The highest BCUT2D eigenvalue weighted by atomic mass is 16.6. The molecule has 81 heavy (non-hydrogen) atoms. The van der Waals surface area contributed by atoms with Crippen molar-refractivity contribution in [2.75, 3.05) is 13.2 Å². The quantitative estimate of drug-likeness (QED) is 0.0261. The summed E-state index contributed by atoms with van der Waals surface area (Å²) in [6.07, 6.45) is 100. The number of carbonyl (C=O) groups excluding carboxylic acids is 3. The minimum Gasteiger partial charge on any atom is -0.462 e. The molecule has 0 aliphatic carbocycles. The topological polar surface area (TPSA) is 78.9 Å². The molecule has 1 unspecified atom stereocenters. The van der Waals surface area contributed by atoms with Gasteiger partial charge in [-0.05, 0) is 154 Å². The van der Waals surface area contributed by atoms with E-state index in [0.717, 1.165) is 167 Å². The van der Waals surface area contributed by atoms with Gasteiger partial charge in [0.1, 0.15) is 13.2 Å². The zero-order valence-electron chi connectivity index (χ0n) is 51.7. The maximum atomic E-state index is 12.9. The van der Waals surface area contributed by atoms with E-state index in [1.165, 1.54) is 38.5 Å². The molecule has 0 heterocycles. The Kier molecular flexibility index (Phi) is 62.5. The molecule has 0 bridgehead atoms. The second kappa shape index (κ2) is 67.0. The Balaban J connectivity index is 4.46. The molecule has 0 aromatic carbocycles. The number of hydrogen-bond acceptors (Lipinski definition) is 6. The summed E-state index contributed by atoms with van der Waals surface area (Å²) >= 11 is 0. The normalized spacial score (nSPS) is 13.4. The Morgan fingerprint density at radius 2 is 0.494 bits per heavy atom. The van der Waals surface area contributed by atoms with Crippen LogP contribution in [0.4, 0.5) is 0 Å². The second-order valence-corrected chi connectivity index (χ2v) is 20.5. The van der Waals surface area contributed by atoms with Gasteiger partial charge < -0.3 is 14.2 Å². The van der Waals surface area contributed by atoms with E-state index in [2.05, 4.69) is 203 Å². The molecule has 0 rings (SSSR count). The summed E-state index contributed by atoms with van der Waals surface area (Å²) in [5, 5.41) is 0. The standard InChI is InChI=1S/C75H116O6/c1-4-7-10-13-16-19-22-25-28-30-31-32-33-34-35-36-37-38-39-40-41-42-43-45-47-50-53-56-59-62-65-68-74(77)80-71-72(70-79-73(76)67-64-61-58-55-52-49-46-27-24-21-18-15-12-9-6-3)81-75(78)69-66-63-60-57-54-51-48-44-29-26-23-20-17-14-11-8-5-2/h7-8,10-11,16-21,25-29,31-32,34-35,37-38,40-41,43,45-46,48,51,57,60,72H,4-6,9,12-15,22-24,30,33,36,39,42,44,47,49-50,52-56,58-59,61-71H2,1-3H3/b10-7-,11-8-,19-16-,20-17-,21-18-,28-25-,29-26-,32-31-,35-34-,38-37-,41-40-,45-43-,46-27-,51-48-,60-57-. The second-order valence-electron chi connectivity index (χ2n) is 20.5. The monoisotopic (exact) mass is 1110 g/mol. The first-order chi connectivity index (χ1) is 40.0. The predicted octanol–water partition coefficient (Wildman–Crippen LogP) is 22.4. The zero-order chi connectivity index (χ0) is 58.5. The molecule has 0 radical (unpaired) electrons. The first-order valence-electron chi connectivity index (χ1n) is 32.3. The summed E-state index contributed by atoms with van der Waals surface area (Å²) in [5.41, 5.74) is 0. The van der Waals surface area contributed by atoms with Crippen molar-refractivity contribution in [3.05, 3.63) is 182 Å². The van der Waals surface area contributed by atoms with Crippen LogP contribution in [0, 0.1) is 0 Å². The van der Waals surface area contributed by atoms with Crippen LogP contribution in [0.5, 0.6) is 0 Å². The predicted molar refractivity (Wildman–Crippen MR) is 352 cm³/mol. The van der Waals surface area contributed by atoms with Crippen molar-refractivity contribution in [3.8, 4) is 0 Å². The summed E-state index contributed by atoms with van der Waals surface area (Å²) in [4.78, 5) is 38.3. The molecule has 1 atom stereocenters. The minimum absolute atomic E-state index is 0.121. The molecule has 0 fully saturated rings. The zero-order valence-corrected chi connectivity index (χ0v) is 51.7. The van der Waals surface area contributed by atoms with Gasteiger partial charge in [0, 0.05) is 19.3 Å². The Labute approximate surface area is 497 Å². The fourth-order valence-corrected chi connectivity index (χ4v) is 8.11. The Morgan fingerprint density at radius 3 is 0.790 bits per heavy atom. The van der Waals surface area contributed by atoms with Crippen LogP contribution in [0.2, 0.25) is 0 Å². The fraction of sp³-hybridized carbons (Fsp3) is 0.560. The van der Waals surface area contributed by atoms with E-state index >= 15 is 0 Å². The summed E-state index contributed by atoms with van der Waals surface area (Å²) in [6.45, 7) is 6.30. The lowest BCUT2D eigenvalue weighted by molar-refractivity contribution is -0.167. The summed E-state index contributed by atoms with van der Waals surface area (Å²) in [6, 6.07) is 0. The lowest BCUT2D eigenvalue weighted by Gasteiger charge is -2.18. The molecule has 0 aliphatic heterocycles. The van der Waals surface area contributed by atoms with Crippen molar-refractivity contribution in [1.82, 2.24) is 0 Å². The van der Waals surface area contributed by atoms with Crippen molar-refractivity contribution in [2.45, 2.75) is 258 Å². The number of allylic oxidation sites excluding steroid dienone is 30. The van der Waals surface area contributed by atoms with Crippen LogP contribution in [0.3, 0.4) is 0 Å². The van der Waals surface area contributed by atoms with Crippen molar-refractivity contribution in [1.29, 1.82) is 0 Å². The Morgan fingerprint density at radius 1 is 0.259 bits per heavy atom. The highest BCUT2D eigenvalue weighted by molar-refractivity contribution is 5.71. The van der Waals surface area contributed by atoms with Crippen LogP contribution < -0.4 is 0 Å². The average Bonchev–Trinajstić information content (AvgIpc) is 3.47. The van der Waals surface area contributed by atoms with Gasteiger partial charge in [0.2, 0.25) is 0 Å². The summed E-state index contributed by atoms with van der Waals surface area (Å²) in [5.74, 6) is -1.02. The molecular weight excluding hydrogens is 997 g/mol. The third kappa shape index (κ3) is 65.2. The molecule has 6 nitrogen and oxygen atoms in total. The van der Waals surface area contributed by atoms with Crippen LogP contribution in [-0.2, 0) is 28.6 Å². The average molecular weight is 1110 g/mol. The summed E-state index contributed by atoms with van der Waals surface area (Å²) in [7, 11) is 0. The van der Waals surface area contributed by atoms with E-state index in [0.29, 0.717) is 19.3 Å². The van der Waals surface area contributed by atoms with Gasteiger partial charge in [-0.25, -0.2) is 0 Å². The first kappa shape index (κ1) is 75.5. The lowest BCUT2D eigenvalue weighted by Crippen LogP contribution is -2.30. The van der Waals surface area contributed by atoms with Gasteiger partial charge in [-0.3, -0.25) is 14.4 Å². The molecular formula is C75H116O6. The molecule has 0 aliphatic rings. The maximum absolute atomic E-state index is 12.9. The van der Waals surface area contributed by atoms with E-state index in [1.54, 1.807) is 0 Å². The number of unbranched alkanes of at least 4 members (excludes halogenated alkanes) is 15. The summed E-state index contributed by atoms with van der Waals surface area (Å²) < 4.78 is 16.8. The van der Waals surface area contributed by atoms with Gasteiger partial charge >= 0.3 is 17.9 Å². The van der Waals surface area contributed by atoms with Crippen molar-refractivity contribution < 1.29 is 28.6 Å². The number of rotatable bonds is 56. The van der Waals surface area contributed by atoms with Crippen molar-refractivity contribution in [3.63, 3.8) is 0 Å². The lowest BCUT2D eigenvalue weighted by atomic mass is 10.1. The van der Waals surface area contributed by atoms with Crippen LogP contribution in [0.15, 0.2) is 182 Å². The number of esters is 3. The molecule has 0 amide bonds. The van der Waals surface area contributed by atoms with Crippen LogP contribution in [0.1, 0.15) is 252 Å². The SMILES string of the molecule is CC/C=C\C/C=C\C/C=C\C/C=C\C/C=C\C/C=C\C/C=C\C/C=C\CCCCCCCCC(=O)OCC(COC(=O)CCCCCCC/C=C\C/C=C\CCCCC)OC(=O)CCC/C=C\C/C=C\C/C=C\C/C=C\C/C=C\CC. The maximum Gasteiger partial charge on any atom is 0.306 e. The van der Waals surface area contributed by atoms with Crippen molar-refractivity contribution in [2.24, 2.45) is 0 Å². The number of hydrogen-bond donors (Lipinski definition) is 0. The van der Waals surface area contributed by atoms with Gasteiger partial charge in [0.25, 0.3) is 0 Å². The largest absolute Gasteiger partial charge is 0.462 e. The Hall–Kier alpha value is -5.49. The van der Waals surface area contributed by atoms with E-state index in [4.69, 9.17) is 14.2 Å². The fourth-order valence-electron chi connectivity index (χ4n) is 8.11. The first-order valence-corrected chi connectivity index (χ1v) is 32.3. The molecule has 0 saturated carbocycles. The molecule has 0 aromatic heterocycles. The highest BCUT2D eigenvalue weighted by Crippen LogP contribution is 2.13. The molecule has 0 saturated heterocycles. The smallest absolute Gasteiger partial charge is 0.306 e. The van der Waals surface area contributed by atoms with Gasteiger partial charge in [-0.15, -0.1) is 0 Å². The van der Waals surface area contributed by atoms with Gasteiger partial charge in [0.05, 0.1) is 0 Å². The van der Waals surface area contributed by atoms with E-state index in [1.807, 2.05) is 0 Å². The van der Waals surface area contributed by atoms with Crippen LogP contribution in [-0.4, -0.2) is 37.2 Å². The van der Waals surface area contributed by atoms with Crippen molar-refractivity contribution >= 4 is 17.9 Å². The van der Waals surface area contributed by atoms with Crippen LogP contribution >= 0.6 is 0 Å². The third-order valence-corrected chi connectivity index (χ3v) is 12.9. The molecule has 6 heteroatoms. The third-order valence-electron chi connectivity index (χ3n) is 12.9. The molecule has 452 valence electrons. The number of carbonyl (C=O) groups is 3. The van der Waals surface area contributed by atoms with Gasteiger partial charge in [-0.1, -0.05) is 261 Å². The molecule has 0 N–H and O–H groups in total. The van der Waals surface area contributed by atoms with E-state index in [9.17, 15) is 14.4 Å². The minimum atomic E-state index is -0.831. The number of ether oxygens (including phenoxy) is 3. The van der Waals surface area contributed by atoms with E-state index in [-0.39, 0.29) is 37.5 Å². The molecule has 0 spiro atoms. The Bertz CT molecular complexity index is 1900. The van der Waals surface area contributed by atoms with Crippen LogP contribution in [0.25, 0.3) is 0 Å². The van der Waals surface area contributed by atoms with Gasteiger partial charge in [-0.2, -0.15) is 0 Å². The highest BCUT2D eigenvalue weighted by Gasteiger charge is 2.19. The van der Waals surface area contributed by atoms with E-state index < -0.39 is 6.10 Å². The molecule has 0 aromatic rings.